The van der Waals surface area contributed by atoms with Gasteiger partial charge in [0, 0.05) is 5.57 Å². The molecule has 5 heteroatoms. The average Bonchev–Trinajstić information content (AvgIpc) is 2.68. The quantitative estimate of drug-likeness (QED) is 0.386. The van der Waals surface area contributed by atoms with Gasteiger partial charge in [0.05, 0.1) is 12.0 Å². The highest BCUT2D eigenvalue weighted by Crippen LogP contribution is 2.34. The summed E-state index contributed by atoms with van der Waals surface area (Å²) >= 11 is 0. The lowest BCUT2D eigenvalue weighted by atomic mass is 9.83. The first-order chi connectivity index (χ1) is 9.32. The SMILES string of the molecule is C=C1CCC(O)C(C)=CC2OC(=O)C(=C)C2C(O)C1=O. The van der Waals surface area contributed by atoms with E-state index in [4.69, 9.17) is 4.74 Å². The fraction of sp³-hybridized carbons (Fsp3) is 0.467. The van der Waals surface area contributed by atoms with Crippen LogP contribution >= 0.6 is 0 Å². The molecule has 0 amide bonds. The molecular formula is C15H18O5. The Labute approximate surface area is 117 Å². The second-order valence-corrected chi connectivity index (χ2v) is 5.30. The molecule has 0 aromatic carbocycles. The lowest BCUT2D eigenvalue weighted by Crippen LogP contribution is -2.36. The first kappa shape index (κ1) is 14.7. The number of hydrogen-bond acceptors (Lipinski definition) is 5. The van der Waals surface area contributed by atoms with E-state index in [1.807, 2.05) is 0 Å². The van der Waals surface area contributed by atoms with Crippen LogP contribution in [0.25, 0.3) is 0 Å². The lowest BCUT2D eigenvalue weighted by Gasteiger charge is -2.24. The van der Waals surface area contributed by atoms with Gasteiger partial charge in [0.2, 0.25) is 0 Å². The van der Waals surface area contributed by atoms with E-state index in [0.29, 0.717) is 18.4 Å². The van der Waals surface area contributed by atoms with Crippen LogP contribution in [0.3, 0.4) is 0 Å². The summed E-state index contributed by atoms with van der Waals surface area (Å²) < 4.78 is 5.11. The van der Waals surface area contributed by atoms with Crippen molar-refractivity contribution >= 4 is 11.8 Å². The monoisotopic (exact) mass is 278 g/mol. The summed E-state index contributed by atoms with van der Waals surface area (Å²) in [4.78, 5) is 23.7. The summed E-state index contributed by atoms with van der Waals surface area (Å²) in [5, 5.41) is 20.2. The number of aliphatic hydroxyl groups excluding tert-OH is 2. The van der Waals surface area contributed by atoms with Crippen molar-refractivity contribution in [2.45, 2.75) is 38.1 Å². The van der Waals surface area contributed by atoms with Gasteiger partial charge < -0.3 is 14.9 Å². The van der Waals surface area contributed by atoms with Gasteiger partial charge in [-0.3, -0.25) is 4.79 Å². The van der Waals surface area contributed by atoms with Gasteiger partial charge in [-0.15, -0.1) is 0 Å². The van der Waals surface area contributed by atoms with E-state index in [1.54, 1.807) is 13.0 Å². The lowest BCUT2D eigenvalue weighted by molar-refractivity contribution is -0.138. The molecule has 4 atom stereocenters. The number of fused-ring (bicyclic) bond motifs is 1. The Kier molecular flexibility index (Phi) is 3.92. The van der Waals surface area contributed by atoms with E-state index in [1.165, 1.54) is 0 Å². The smallest absolute Gasteiger partial charge is 0.334 e. The zero-order valence-corrected chi connectivity index (χ0v) is 11.3. The van der Waals surface area contributed by atoms with Gasteiger partial charge in [-0.05, 0) is 37.0 Å². The summed E-state index contributed by atoms with van der Waals surface area (Å²) in [6.45, 7) is 8.95. The highest BCUT2D eigenvalue weighted by molar-refractivity contribution is 6.01. The number of hydrogen-bond donors (Lipinski definition) is 2. The van der Waals surface area contributed by atoms with Crippen molar-refractivity contribution in [3.8, 4) is 0 Å². The van der Waals surface area contributed by atoms with Gasteiger partial charge in [-0.1, -0.05) is 13.2 Å². The fourth-order valence-corrected chi connectivity index (χ4v) is 2.52. The molecule has 0 aromatic heterocycles. The van der Waals surface area contributed by atoms with E-state index in [9.17, 15) is 19.8 Å². The van der Waals surface area contributed by atoms with Crippen LogP contribution in [0.15, 0.2) is 36.0 Å². The largest absolute Gasteiger partial charge is 0.454 e. The molecule has 2 N–H and O–H groups in total. The van der Waals surface area contributed by atoms with Crippen LogP contribution in [0, 0.1) is 5.92 Å². The molecule has 1 heterocycles. The van der Waals surface area contributed by atoms with E-state index < -0.39 is 36.0 Å². The Morgan fingerprint density at radius 2 is 1.95 bits per heavy atom. The molecule has 108 valence electrons. The molecule has 0 radical (unpaired) electrons. The van der Waals surface area contributed by atoms with Crippen LogP contribution in [0.5, 0.6) is 0 Å². The van der Waals surface area contributed by atoms with Gasteiger partial charge in [-0.25, -0.2) is 4.79 Å². The summed E-state index contributed by atoms with van der Waals surface area (Å²) in [5.74, 6) is -1.98. The normalized spacial score (nSPS) is 35.5. The zero-order chi connectivity index (χ0) is 15.0. The van der Waals surface area contributed by atoms with Crippen LogP contribution in [-0.4, -0.2) is 40.3 Å². The highest BCUT2D eigenvalue weighted by Gasteiger charge is 2.45. The fourth-order valence-electron chi connectivity index (χ4n) is 2.52. The second kappa shape index (κ2) is 5.34. The molecular weight excluding hydrogens is 260 g/mol. The number of ketones is 1. The number of aliphatic hydroxyl groups is 2. The van der Waals surface area contributed by atoms with Crippen LogP contribution in [0.1, 0.15) is 19.8 Å². The number of esters is 1. The molecule has 5 nitrogen and oxygen atoms in total. The third-order valence-electron chi connectivity index (χ3n) is 3.89. The number of rotatable bonds is 0. The first-order valence-electron chi connectivity index (χ1n) is 6.49. The van der Waals surface area contributed by atoms with Gasteiger partial charge in [0.25, 0.3) is 0 Å². The van der Waals surface area contributed by atoms with Crippen LogP contribution < -0.4 is 0 Å². The highest BCUT2D eigenvalue weighted by atomic mass is 16.6. The maximum atomic E-state index is 12.1. The van der Waals surface area contributed by atoms with Crippen LogP contribution in [0.4, 0.5) is 0 Å². The molecule has 0 bridgehead atoms. The van der Waals surface area contributed by atoms with E-state index in [2.05, 4.69) is 13.2 Å². The molecule has 2 aliphatic rings. The molecule has 1 fully saturated rings. The molecule has 0 spiro atoms. The van der Waals surface area contributed by atoms with E-state index in [-0.39, 0.29) is 11.1 Å². The summed E-state index contributed by atoms with van der Waals surface area (Å²) in [5.41, 5.74) is 0.941. The van der Waals surface area contributed by atoms with Crippen molar-refractivity contribution < 1.29 is 24.5 Å². The van der Waals surface area contributed by atoms with E-state index in [0.717, 1.165) is 0 Å². The molecule has 1 aliphatic carbocycles. The molecule has 4 unspecified atom stereocenters. The average molecular weight is 278 g/mol. The molecule has 20 heavy (non-hydrogen) atoms. The van der Waals surface area contributed by atoms with Gasteiger partial charge in [-0.2, -0.15) is 0 Å². The van der Waals surface area contributed by atoms with Crippen molar-refractivity contribution in [1.29, 1.82) is 0 Å². The molecule has 0 saturated carbocycles. The Balaban J connectivity index is 2.44. The maximum absolute atomic E-state index is 12.1. The van der Waals surface area contributed by atoms with Crippen molar-refractivity contribution in [2.24, 2.45) is 5.92 Å². The molecule has 0 aromatic rings. The number of carbonyl (C=O) groups excluding carboxylic acids is 2. The summed E-state index contributed by atoms with van der Waals surface area (Å²) in [6, 6.07) is 0. The third-order valence-corrected chi connectivity index (χ3v) is 3.89. The van der Waals surface area contributed by atoms with Gasteiger partial charge >= 0.3 is 5.97 Å². The minimum absolute atomic E-state index is 0.0720. The zero-order valence-electron chi connectivity index (χ0n) is 11.3. The predicted octanol–water partition coefficient (Wildman–Crippen LogP) is 0.671. The first-order valence-corrected chi connectivity index (χ1v) is 6.49. The van der Waals surface area contributed by atoms with Crippen molar-refractivity contribution in [2.75, 3.05) is 0 Å². The van der Waals surface area contributed by atoms with Crippen molar-refractivity contribution in [3.63, 3.8) is 0 Å². The number of ether oxygens (including phenoxy) is 1. The minimum Gasteiger partial charge on any atom is -0.454 e. The number of carbonyl (C=O) groups is 2. The van der Waals surface area contributed by atoms with Crippen LogP contribution in [-0.2, 0) is 14.3 Å². The Morgan fingerprint density at radius 1 is 1.30 bits per heavy atom. The van der Waals surface area contributed by atoms with Crippen molar-refractivity contribution in [1.82, 2.24) is 0 Å². The van der Waals surface area contributed by atoms with Crippen molar-refractivity contribution in [3.05, 3.63) is 36.0 Å². The van der Waals surface area contributed by atoms with Crippen LogP contribution in [0.2, 0.25) is 0 Å². The second-order valence-electron chi connectivity index (χ2n) is 5.30. The Morgan fingerprint density at radius 3 is 2.60 bits per heavy atom. The number of Topliss-reactive ketones (excluding diaryl/α,β-unsaturated/α-hetero) is 1. The third kappa shape index (κ3) is 2.46. The molecule has 1 saturated heterocycles. The van der Waals surface area contributed by atoms with E-state index >= 15 is 0 Å². The molecule has 1 aliphatic heterocycles. The Hall–Kier alpha value is -1.72. The predicted molar refractivity (Wildman–Crippen MR) is 71.7 cm³/mol. The topological polar surface area (TPSA) is 83.8 Å². The maximum Gasteiger partial charge on any atom is 0.334 e. The Bertz CT molecular complexity index is 516. The molecule has 2 rings (SSSR count). The minimum atomic E-state index is -1.40. The summed E-state index contributed by atoms with van der Waals surface area (Å²) in [6.07, 6.45) is -0.703. The van der Waals surface area contributed by atoms with Gasteiger partial charge in [0.1, 0.15) is 12.2 Å². The standard InChI is InChI=1S/C15H18O5/c1-7-4-5-10(16)8(2)6-11-12(14(18)13(7)17)9(3)15(19)20-11/h6,10-12,14,16,18H,1,3-5H2,2H3. The van der Waals surface area contributed by atoms with Gasteiger partial charge in [0.15, 0.2) is 5.78 Å². The summed E-state index contributed by atoms with van der Waals surface area (Å²) in [7, 11) is 0.